The SMILES string of the molecule is O=C([C@@H]1CN(c2ncccn2)Cc2ccnn21)N1CCCO1. The lowest BCUT2D eigenvalue weighted by Crippen LogP contribution is -2.46. The molecule has 1 fully saturated rings. The maximum absolute atomic E-state index is 12.7. The maximum Gasteiger partial charge on any atom is 0.272 e. The van der Waals surface area contributed by atoms with Crippen LogP contribution in [-0.2, 0) is 16.2 Å². The molecule has 2 aromatic rings. The lowest BCUT2D eigenvalue weighted by molar-refractivity contribution is -0.172. The predicted molar refractivity (Wildman–Crippen MR) is 76.6 cm³/mol. The summed E-state index contributed by atoms with van der Waals surface area (Å²) < 4.78 is 1.78. The number of aromatic nitrogens is 4. The Balaban J connectivity index is 1.64. The molecule has 114 valence electrons. The molecule has 2 aromatic heterocycles. The number of amides is 1. The number of carbonyl (C=O) groups is 1. The van der Waals surface area contributed by atoms with E-state index in [0.717, 1.165) is 12.1 Å². The third kappa shape index (κ3) is 2.21. The molecule has 0 aromatic carbocycles. The van der Waals surface area contributed by atoms with Gasteiger partial charge in [-0.2, -0.15) is 5.10 Å². The smallest absolute Gasteiger partial charge is 0.272 e. The minimum atomic E-state index is -0.416. The molecule has 4 rings (SSSR count). The Bertz CT molecular complexity index is 667. The first-order chi connectivity index (χ1) is 10.8. The second-order valence-corrected chi connectivity index (χ2v) is 5.34. The van der Waals surface area contributed by atoms with Crippen LogP contribution >= 0.6 is 0 Å². The average Bonchev–Trinajstić information content (AvgIpc) is 3.25. The van der Waals surface area contributed by atoms with Gasteiger partial charge in [0, 0.05) is 18.6 Å². The van der Waals surface area contributed by atoms with E-state index in [-0.39, 0.29) is 5.91 Å². The molecule has 0 unspecified atom stereocenters. The molecule has 0 N–H and O–H groups in total. The van der Waals surface area contributed by atoms with Gasteiger partial charge in [0.2, 0.25) is 5.95 Å². The first-order valence-electron chi connectivity index (χ1n) is 7.31. The number of hydrogen-bond donors (Lipinski definition) is 0. The lowest BCUT2D eigenvalue weighted by Gasteiger charge is -2.34. The van der Waals surface area contributed by atoms with Crippen LogP contribution < -0.4 is 4.90 Å². The molecule has 0 bridgehead atoms. The van der Waals surface area contributed by atoms with Gasteiger partial charge in [-0.3, -0.25) is 14.3 Å². The standard InChI is InChI=1S/C14H16N6O2/c21-13(19-7-2-8-22-19)12-10-18(14-15-4-1-5-16-14)9-11-3-6-17-20(11)12/h1,3-6,12H,2,7-10H2/t12-/m0/s1. The van der Waals surface area contributed by atoms with Gasteiger partial charge in [-0.25, -0.2) is 15.0 Å². The van der Waals surface area contributed by atoms with Crippen molar-refractivity contribution in [3.63, 3.8) is 0 Å². The van der Waals surface area contributed by atoms with Crippen molar-refractivity contribution in [1.82, 2.24) is 24.8 Å². The average molecular weight is 300 g/mol. The van der Waals surface area contributed by atoms with E-state index < -0.39 is 6.04 Å². The van der Waals surface area contributed by atoms with Gasteiger partial charge < -0.3 is 4.90 Å². The van der Waals surface area contributed by atoms with Gasteiger partial charge in [0.1, 0.15) is 0 Å². The monoisotopic (exact) mass is 300 g/mol. The summed E-state index contributed by atoms with van der Waals surface area (Å²) in [5.41, 5.74) is 0.969. The number of anilines is 1. The summed E-state index contributed by atoms with van der Waals surface area (Å²) in [5, 5.41) is 5.75. The van der Waals surface area contributed by atoms with Crippen LogP contribution in [0.15, 0.2) is 30.7 Å². The minimum absolute atomic E-state index is 0.0666. The Kier molecular flexibility index (Phi) is 3.23. The number of hydrogen-bond acceptors (Lipinski definition) is 6. The largest absolute Gasteiger partial charge is 0.332 e. The highest BCUT2D eigenvalue weighted by Gasteiger charge is 2.36. The molecule has 1 saturated heterocycles. The van der Waals surface area contributed by atoms with Gasteiger partial charge in [-0.15, -0.1) is 0 Å². The molecular weight excluding hydrogens is 284 g/mol. The second-order valence-electron chi connectivity index (χ2n) is 5.34. The summed E-state index contributed by atoms with van der Waals surface area (Å²) in [5.74, 6) is 0.554. The maximum atomic E-state index is 12.7. The van der Waals surface area contributed by atoms with Crippen LogP contribution in [0.25, 0.3) is 0 Å². The molecule has 2 aliphatic rings. The highest BCUT2D eigenvalue weighted by atomic mass is 16.7. The fraction of sp³-hybridized carbons (Fsp3) is 0.429. The molecule has 4 heterocycles. The number of rotatable bonds is 2. The zero-order valence-electron chi connectivity index (χ0n) is 12.0. The van der Waals surface area contributed by atoms with Gasteiger partial charge in [0.25, 0.3) is 5.91 Å². The van der Waals surface area contributed by atoms with Crippen molar-refractivity contribution in [2.45, 2.75) is 19.0 Å². The molecule has 2 aliphatic heterocycles. The van der Waals surface area contributed by atoms with E-state index in [9.17, 15) is 4.79 Å². The van der Waals surface area contributed by atoms with Crippen molar-refractivity contribution in [2.24, 2.45) is 0 Å². The minimum Gasteiger partial charge on any atom is -0.332 e. The highest BCUT2D eigenvalue weighted by molar-refractivity contribution is 5.80. The molecule has 1 amide bonds. The van der Waals surface area contributed by atoms with Crippen molar-refractivity contribution in [3.8, 4) is 0 Å². The Labute approximate surface area is 127 Å². The molecule has 0 aliphatic carbocycles. The van der Waals surface area contributed by atoms with Crippen molar-refractivity contribution in [3.05, 3.63) is 36.4 Å². The second kappa shape index (κ2) is 5.38. The summed E-state index contributed by atoms with van der Waals surface area (Å²) >= 11 is 0. The van der Waals surface area contributed by atoms with Gasteiger partial charge in [-0.05, 0) is 18.6 Å². The Morgan fingerprint density at radius 3 is 2.91 bits per heavy atom. The van der Waals surface area contributed by atoms with Gasteiger partial charge >= 0.3 is 0 Å². The van der Waals surface area contributed by atoms with Crippen LogP contribution in [0.3, 0.4) is 0 Å². The molecule has 1 atom stereocenters. The van der Waals surface area contributed by atoms with Crippen LogP contribution in [0.4, 0.5) is 5.95 Å². The molecular formula is C14H16N6O2. The van der Waals surface area contributed by atoms with Gasteiger partial charge in [0.15, 0.2) is 6.04 Å². The number of fused-ring (bicyclic) bond motifs is 1. The topological polar surface area (TPSA) is 76.4 Å². The zero-order chi connectivity index (χ0) is 14.9. The van der Waals surface area contributed by atoms with Crippen LogP contribution in [0.2, 0.25) is 0 Å². The molecule has 0 saturated carbocycles. The number of nitrogens with zero attached hydrogens (tertiary/aromatic N) is 6. The first kappa shape index (κ1) is 13.2. The fourth-order valence-corrected chi connectivity index (χ4v) is 2.87. The van der Waals surface area contributed by atoms with Crippen molar-refractivity contribution < 1.29 is 9.63 Å². The van der Waals surface area contributed by atoms with E-state index in [1.165, 1.54) is 5.06 Å². The fourth-order valence-electron chi connectivity index (χ4n) is 2.87. The number of carbonyl (C=O) groups excluding carboxylic acids is 1. The third-order valence-corrected chi connectivity index (χ3v) is 3.91. The Morgan fingerprint density at radius 1 is 1.27 bits per heavy atom. The van der Waals surface area contributed by atoms with E-state index in [1.54, 1.807) is 29.3 Å². The first-order valence-corrected chi connectivity index (χ1v) is 7.31. The quantitative estimate of drug-likeness (QED) is 0.799. The van der Waals surface area contributed by atoms with E-state index in [4.69, 9.17) is 4.84 Å². The van der Waals surface area contributed by atoms with Crippen LogP contribution in [0.5, 0.6) is 0 Å². The zero-order valence-corrected chi connectivity index (χ0v) is 12.0. The third-order valence-electron chi connectivity index (χ3n) is 3.91. The summed E-state index contributed by atoms with van der Waals surface area (Å²) in [6.45, 7) is 2.34. The molecule has 0 radical (unpaired) electrons. The summed E-state index contributed by atoms with van der Waals surface area (Å²) in [4.78, 5) is 28.7. The molecule has 8 heteroatoms. The Hall–Kier alpha value is -2.48. The predicted octanol–water partition coefficient (Wildman–Crippen LogP) is 0.398. The summed E-state index contributed by atoms with van der Waals surface area (Å²) in [6.07, 6.45) is 6.00. The van der Waals surface area contributed by atoms with Crippen LogP contribution in [0.1, 0.15) is 18.2 Å². The van der Waals surface area contributed by atoms with Gasteiger partial charge in [0.05, 0.1) is 31.9 Å². The Morgan fingerprint density at radius 2 is 2.14 bits per heavy atom. The summed E-state index contributed by atoms with van der Waals surface area (Å²) in [7, 11) is 0. The van der Waals surface area contributed by atoms with E-state index in [2.05, 4.69) is 15.1 Å². The van der Waals surface area contributed by atoms with E-state index in [0.29, 0.717) is 32.2 Å². The van der Waals surface area contributed by atoms with Gasteiger partial charge in [-0.1, -0.05) is 0 Å². The number of hydroxylamine groups is 2. The van der Waals surface area contributed by atoms with E-state index >= 15 is 0 Å². The van der Waals surface area contributed by atoms with Crippen molar-refractivity contribution in [2.75, 3.05) is 24.6 Å². The lowest BCUT2D eigenvalue weighted by atomic mass is 10.2. The molecule has 8 nitrogen and oxygen atoms in total. The van der Waals surface area contributed by atoms with Crippen molar-refractivity contribution >= 4 is 11.9 Å². The summed E-state index contributed by atoms with van der Waals surface area (Å²) in [6, 6.07) is 3.28. The normalized spacial score (nSPS) is 21.0. The van der Waals surface area contributed by atoms with Crippen LogP contribution in [0, 0.1) is 0 Å². The highest BCUT2D eigenvalue weighted by Crippen LogP contribution is 2.25. The van der Waals surface area contributed by atoms with Crippen molar-refractivity contribution in [1.29, 1.82) is 0 Å². The molecule has 22 heavy (non-hydrogen) atoms. The van der Waals surface area contributed by atoms with E-state index in [1.807, 2.05) is 11.0 Å². The van der Waals surface area contributed by atoms with Crippen LogP contribution in [-0.4, -0.2) is 50.4 Å². The molecule has 0 spiro atoms.